The smallest absolute Gasteiger partial charge is 0.410 e. The normalized spacial score (nSPS) is 9.33. The molecule has 1 aromatic rings. The molecule has 1 heterocycles. The monoisotopic (exact) mass is 187 g/mol. The highest BCUT2D eigenvalue weighted by atomic mass is 32.1. The van der Waals surface area contributed by atoms with Gasteiger partial charge < -0.3 is 10.8 Å². The molecule has 0 aliphatic carbocycles. The zero-order valence-electron chi connectivity index (χ0n) is 5.77. The second-order valence-corrected chi connectivity index (χ2v) is 2.69. The maximum Gasteiger partial charge on any atom is 0.410 e. The number of nitrogens with one attached hydrogen (secondary N) is 1. The highest BCUT2D eigenvalue weighted by Crippen LogP contribution is 2.14. The maximum absolute atomic E-state index is 10.5. The number of amides is 2. The fourth-order valence-corrected chi connectivity index (χ4v) is 1.23. The quantitative estimate of drug-likeness (QED) is 0.620. The number of carbonyl (C=O) groups is 2. The van der Waals surface area contributed by atoms with E-state index in [9.17, 15) is 9.59 Å². The van der Waals surface area contributed by atoms with Crippen LogP contribution in [0.1, 0.15) is 10.5 Å². The van der Waals surface area contributed by atoms with Gasteiger partial charge >= 0.3 is 6.09 Å². The van der Waals surface area contributed by atoms with E-state index in [-0.39, 0.29) is 10.8 Å². The molecule has 0 spiro atoms. The van der Waals surface area contributed by atoms with Gasteiger partial charge in [0.1, 0.15) is 5.69 Å². The summed E-state index contributed by atoms with van der Waals surface area (Å²) in [5.41, 5.74) is 4.95. The lowest BCUT2D eigenvalue weighted by molar-refractivity contribution is 0.0996. The molecule has 1 rings (SSSR count). The summed E-state index contributed by atoms with van der Waals surface area (Å²) in [7, 11) is 0. The Morgan fingerprint density at radius 3 is 2.75 bits per heavy atom. The zero-order valence-corrected chi connectivity index (χ0v) is 6.59. The number of anilines is 1. The summed E-state index contributed by atoms with van der Waals surface area (Å²) < 4.78 is 0. The molecule has 0 aromatic carbocycles. The Morgan fingerprint density at radius 2 is 2.33 bits per heavy atom. The first-order valence-electron chi connectivity index (χ1n) is 2.85. The summed E-state index contributed by atoms with van der Waals surface area (Å²) in [6, 6.07) is 0. The van der Waals surface area contributed by atoms with E-state index in [2.05, 4.69) is 4.98 Å². The molecular formula is C5H5N3O3S. The Labute approximate surface area is 71.0 Å². The third kappa shape index (κ3) is 1.92. The van der Waals surface area contributed by atoms with Crippen LogP contribution in [-0.4, -0.2) is 22.1 Å². The fraction of sp³-hybridized carbons (Fsp3) is 0. The van der Waals surface area contributed by atoms with Crippen molar-refractivity contribution in [1.29, 1.82) is 0 Å². The second kappa shape index (κ2) is 3.18. The van der Waals surface area contributed by atoms with Gasteiger partial charge in [0.05, 0.1) is 0 Å². The Morgan fingerprint density at radius 1 is 1.67 bits per heavy atom. The van der Waals surface area contributed by atoms with E-state index >= 15 is 0 Å². The molecule has 0 radical (unpaired) electrons. The van der Waals surface area contributed by atoms with Crippen LogP contribution in [-0.2, 0) is 0 Å². The first kappa shape index (κ1) is 8.47. The van der Waals surface area contributed by atoms with E-state index in [1.54, 1.807) is 0 Å². The molecule has 64 valence electrons. The van der Waals surface area contributed by atoms with Crippen molar-refractivity contribution < 1.29 is 14.7 Å². The molecule has 0 aliphatic heterocycles. The minimum atomic E-state index is -1.22. The van der Waals surface area contributed by atoms with Crippen molar-refractivity contribution in [3.05, 3.63) is 11.1 Å². The topological polar surface area (TPSA) is 105 Å². The van der Waals surface area contributed by atoms with Gasteiger partial charge in [-0.25, -0.2) is 9.78 Å². The van der Waals surface area contributed by atoms with Gasteiger partial charge in [-0.3, -0.25) is 10.1 Å². The lowest BCUT2D eigenvalue weighted by Gasteiger charge is -1.90. The SMILES string of the molecule is NC(=O)c1csc(NC(=O)O)n1. The van der Waals surface area contributed by atoms with Crippen LogP contribution in [0.5, 0.6) is 0 Å². The van der Waals surface area contributed by atoms with E-state index in [4.69, 9.17) is 10.8 Å². The lowest BCUT2D eigenvalue weighted by atomic mass is 10.5. The van der Waals surface area contributed by atoms with E-state index in [0.29, 0.717) is 0 Å². The number of primary amides is 1. The maximum atomic E-state index is 10.5. The molecule has 4 N–H and O–H groups in total. The number of hydrogen-bond donors (Lipinski definition) is 3. The van der Waals surface area contributed by atoms with Gasteiger partial charge in [0, 0.05) is 5.38 Å². The van der Waals surface area contributed by atoms with Gasteiger partial charge in [0.15, 0.2) is 5.13 Å². The standard InChI is InChI=1S/C5H5N3O3S/c6-3(9)2-1-12-4(7-2)8-5(10)11/h1H,(H2,6,9)(H,7,8)(H,10,11). The zero-order chi connectivity index (χ0) is 9.14. The van der Waals surface area contributed by atoms with Crippen molar-refractivity contribution in [2.75, 3.05) is 5.32 Å². The molecule has 0 atom stereocenters. The summed E-state index contributed by atoms with van der Waals surface area (Å²) in [4.78, 5) is 24.2. The third-order valence-electron chi connectivity index (χ3n) is 0.971. The lowest BCUT2D eigenvalue weighted by Crippen LogP contribution is -2.12. The number of nitrogens with zero attached hydrogens (tertiary/aromatic N) is 1. The van der Waals surface area contributed by atoms with Gasteiger partial charge in [0.25, 0.3) is 5.91 Å². The largest absolute Gasteiger partial charge is 0.465 e. The van der Waals surface area contributed by atoms with Crippen LogP contribution in [0.3, 0.4) is 0 Å². The summed E-state index contributed by atoms with van der Waals surface area (Å²) in [5.74, 6) is -0.676. The first-order chi connectivity index (χ1) is 5.59. The number of hydrogen-bond acceptors (Lipinski definition) is 4. The number of carboxylic acid groups (broad SMARTS) is 1. The Balaban J connectivity index is 2.77. The molecule has 0 saturated heterocycles. The van der Waals surface area contributed by atoms with Crippen LogP contribution in [0.15, 0.2) is 5.38 Å². The van der Waals surface area contributed by atoms with Crippen LogP contribution >= 0.6 is 11.3 Å². The molecule has 0 fully saturated rings. The van der Waals surface area contributed by atoms with Crippen LogP contribution < -0.4 is 11.1 Å². The number of carbonyl (C=O) groups excluding carboxylic acids is 1. The van der Waals surface area contributed by atoms with Crippen LogP contribution in [0.25, 0.3) is 0 Å². The first-order valence-corrected chi connectivity index (χ1v) is 3.73. The molecule has 12 heavy (non-hydrogen) atoms. The van der Waals surface area contributed by atoms with Crippen molar-refractivity contribution in [1.82, 2.24) is 4.98 Å². The van der Waals surface area contributed by atoms with Crippen molar-refractivity contribution in [2.45, 2.75) is 0 Å². The molecular weight excluding hydrogens is 182 g/mol. The predicted molar refractivity (Wildman–Crippen MR) is 42.3 cm³/mol. The van der Waals surface area contributed by atoms with E-state index in [1.807, 2.05) is 5.32 Å². The predicted octanol–water partition coefficient (Wildman–Crippen LogP) is 0.332. The molecule has 0 saturated carbocycles. The molecule has 0 bridgehead atoms. The van der Waals surface area contributed by atoms with E-state index in [1.165, 1.54) is 5.38 Å². The fourth-order valence-electron chi connectivity index (χ4n) is 0.536. The highest BCUT2D eigenvalue weighted by molar-refractivity contribution is 7.14. The number of rotatable bonds is 2. The Hall–Kier alpha value is -1.63. The highest BCUT2D eigenvalue weighted by Gasteiger charge is 2.07. The minimum absolute atomic E-state index is 0.0590. The van der Waals surface area contributed by atoms with Gasteiger partial charge in [-0.15, -0.1) is 11.3 Å². The van der Waals surface area contributed by atoms with Crippen LogP contribution in [0, 0.1) is 0 Å². The van der Waals surface area contributed by atoms with Crippen LogP contribution in [0.4, 0.5) is 9.93 Å². The van der Waals surface area contributed by atoms with Crippen molar-refractivity contribution in [2.24, 2.45) is 5.73 Å². The van der Waals surface area contributed by atoms with Crippen molar-refractivity contribution >= 4 is 28.5 Å². The van der Waals surface area contributed by atoms with Gasteiger partial charge in [-0.05, 0) is 0 Å². The Bertz CT molecular complexity index is 321. The van der Waals surface area contributed by atoms with Crippen molar-refractivity contribution in [3.63, 3.8) is 0 Å². The second-order valence-electron chi connectivity index (χ2n) is 1.83. The molecule has 7 heteroatoms. The average Bonchev–Trinajstić information content (AvgIpc) is 2.34. The van der Waals surface area contributed by atoms with E-state index < -0.39 is 12.0 Å². The number of aromatic nitrogens is 1. The summed E-state index contributed by atoms with van der Waals surface area (Å²) in [5, 5.41) is 11.8. The number of thiazole rings is 1. The summed E-state index contributed by atoms with van der Waals surface area (Å²) >= 11 is 1.00. The molecule has 1 aromatic heterocycles. The molecule has 0 unspecified atom stereocenters. The number of nitrogens with two attached hydrogens (primary N) is 1. The van der Waals surface area contributed by atoms with Gasteiger partial charge in [-0.2, -0.15) is 0 Å². The van der Waals surface area contributed by atoms with Gasteiger partial charge in [-0.1, -0.05) is 0 Å². The Kier molecular flexibility index (Phi) is 2.24. The van der Waals surface area contributed by atoms with Crippen molar-refractivity contribution in [3.8, 4) is 0 Å². The molecule has 0 aliphatic rings. The average molecular weight is 187 g/mol. The van der Waals surface area contributed by atoms with Gasteiger partial charge in [0.2, 0.25) is 0 Å². The van der Waals surface area contributed by atoms with Crippen LogP contribution in [0.2, 0.25) is 0 Å². The molecule has 2 amide bonds. The third-order valence-corrected chi connectivity index (χ3v) is 1.73. The molecule has 6 nitrogen and oxygen atoms in total. The summed E-state index contributed by atoms with van der Waals surface area (Å²) in [6.07, 6.45) is -1.22. The van der Waals surface area contributed by atoms with E-state index in [0.717, 1.165) is 11.3 Å². The summed E-state index contributed by atoms with van der Waals surface area (Å²) in [6.45, 7) is 0. The minimum Gasteiger partial charge on any atom is -0.465 e.